The fraction of sp³-hybridized carbons (Fsp3) is 0.312. The molecular formula is C16H20N6O4S. The highest BCUT2D eigenvalue weighted by Gasteiger charge is 2.31. The second-order valence-corrected chi connectivity index (χ2v) is 5.93. The maximum Gasteiger partial charge on any atom is 0.344 e. The van der Waals surface area contributed by atoms with Gasteiger partial charge < -0.3 is 26.3 Å². The van der Waals surface area contributed by atoms with E-state index in [1.54, 1.807) is 20.1 Å². The predicted molar refractivity (Wildman–Crippen MR) is 104 cm³/mol. The summed E-state index contributed by atoms with van der Waals surface area (Å²) in [6.07, 6.45) is 3.10. The van der Waals surface area contributed by atoms with E-state index in [9.17, 15) is 9.59 Å². The molecule has 0 saturated heterocycles. The molecular weight excluding hydrogens is 372 g/mol. The van der Waals surface area contributed by atoms with Crippen molar-refractivity contribution in [3.63, 3.8) is 0 Å². The van der Waals surface area contributed by atoms with Gasteiger partial charge in [0.2, 0.25) is 0 Å². The molecule has 0 bridgehead atoms. The molecule has 10 nitrogen and oxygen atoms in total. The van der Waals surface area contributed by atoms with Gasteiger partial charge in [-0.3, -0.25) is 5.41 Å². The number of nitrogens with one attached hydrogen (secondary N) is 2. The molecule has 0 radical (unpaired) electrons. The third kappa shape index (κ3) is 4.03. The number of anilines is 1. The Kier molecular flexibility index (Phi) is 6.40. The number of amidine groups is 2. The molecule has 0 saturated carbocycles. The fourth-order valence-corrected chi connectivity index (χ4v) is 2.75. The molecule has 0 spiro atoms. The number of carbonyl (C=O) groups is 2. The third-order valence-electron chi connectivity index (χ3n) is 3.47. The van der Waals surface area contributed by atoms with E-state index in [2.05, 4.69) is 15.3 Å². The van der Waals surface area contributed by atoms with Crippen LogP contribution in [0.5, 0.6) is 0 Å². The Balaban J connectivity index is 2.82. The Morgan fingerprint density at radius 1 is 1.30 bits per heavy atom. The summed E-state index contributed by atoms with van der Waals surface area (Å²) in [5.74, 6) is -2.03. The molecule has 1 aromatic heterocycles. The van der Waals surface area contributed by atoms with Gasteiger partial charge in [-0.15, -0.1) is 0 Å². The molecule has 0 fully saturated rings. The Labute approximate surface area is 159 Å². The minimum atomic E-state index is -0.782. The number of esters is 2. The van der Waals surface area contributed by atoms with Gasteiger partial charge in [-0.1, -0.05) is 11.8 Å². The highest BCUT2D eigenvalue weighted by atomic mass is 32.2. The third-order valence-corrected chi connectivity index (χ3v) is 4.05. The molecule has 6 N–H and O–H groups in total. The minimum Gasteiger partial charge on any atom is -0.462 e. The number of hydrogen-bond donors (Lipinski definition) is 4. The number of nitrogens with zero attached hydrogens (tertiary/aromatic N) is 2. The van der Waals surface area contributed by atoms with E-state index in [0.717, 1.165) is 0 Å². The Morgan fingerprint density at radius 2 is 1.96 bits per heavy atom. The van der Waals surface area contributed by atoms with E-state index < -0.39 is 17.8 Å². The molecule has 0 unspecified atom stereocenters. The van der Waals surface area contributed by atoms with E-state index in [1.165, 1.54) is 18.0 Å². The number of aromatic nitrogens is 1. The molecule has 0 atom stereocenters. The molecule has 1 aromatic rings. The Morgan fingerprint density at radius 3 is 2.52 bits per heavy atom. The van der Waals surface area contributed by atoms with Gasteiger partial charge in [-0.05, 0) is 20.1 Å². The van der Waals surface area contributed by atoms with Crippen molar-refractivity contribution in [2.24, 2.45) is 10.7 Å². The smallest absolute Gasteiger partial charge is 0.344 e. The summed E-state index contributed by atoms with van der Waals surface area (Å²) in [5, 5.41) is 11.1. The predicted octanol–water partition coefficient (Wildman–Crippen LogP) is 1.00. The first kappa shape index (κ1) is 20.2. The number of pyridine rings is 1. The zero-order valence-corrected chi connectivity index (χ0v) is 15.9. The van der Waals surface area contributed by atoms with Gasteiger partial charge in [-0.25, -0.2) is 19.6 Å². The molecule has 2 rings (SSSR count). The molecule has 144 valence electrons. The van der Waals surface area contributed by atoms with E-state index in [4.69, 9.17) is 26.4 Å². The van der Waals surface area contributed by atoms with Crippen molar-refractivity contribution in [2.75, 3.05) is 25.2 Å². The van der Waals surface area contributed by atoms with Gasteiger partial charge in [0.1, 0.15) is 22.8 Å². The summed E-state index contributed by atoms with van der Waals surface area (Å²) < 4.78 is 10.0. The van der Waals surface area contributed by atoms with Gasteiger partial charge in [-0.2, -0.15) is 0 Å². The SMILES string of the molecule is CCOC(=O)/C(C(=N)N)=C1/NC(SC)=Nc2c1cnc(N)c2C(=O)OCC. The minimum absolute atomic E-state index is 0.0216. The van der Waals surface area contributed by atoms with Crippen molar-refractivity contribution in [1.29, 1.82) is 5.41 Å². The van der Waals surface area contributed by atoms with Crippen LogP contribution in [0.15, 0.2) is 16.8 Å². The number of nitrogens with two attached hydrogens (primary N) is 2. The van der Waals surface area contributed by atoms with Crippen LogP contribution in [0, 0.1) is 5.41 Å². The zero-order chi connectivity index (χ0) is 20.1. The van der Waals surface area contributed by atoms with Gasteiger partial charge in [0.25, 0.3) is 0 Å². The van der Waals surface area contributed by atoms with Crippen LogP contribution >= 0.6 is 11.8 Å². The quantitative estimate of drug-likeness (QED) is 0.247. The van der Waals surface area contributed by atoms with Gasteiger partial charge >= 0.3 is 11.9 Å². The van der Waals surface area contributed by atoms with E-state index in [0.29, 0.717) is 5.17 Å². The summed E-state index contributed by atoms with van der Waals surface area (Å²) in [4.78, 5) is 33.1. The van der Waals surface area contributed by atoms with E-state index >= 15 is 0 Å². The lowest BCUT2D eigenvalue weighted by Crippen LogP contribution is -2.31. The monoisotopic (exact) mass is 392 g/mol. The lowest BCUT2D eigenvalue weighted by molar-refractivity contribution is -0.137. The average Bonchev–Trinajstić information content (AvgIpc) is 2.61. The highest BCUT2D eigenvalue weighted by molar-refractivity contribution is 8.13. The lowest BCUT2D eigenvalue weighted by Gasteiger charge is -2.23. The van der Waals surface area contributed by atoms with Gasteiger partial charge in [0.05, 0.1) is 24.6 Å². The molecule has 1 aliphatic heterocycles. The van der Waals surface area contributed by atoms with Crippen molar-refractivity contribution in [2.45, 2.75) is 13.8 Å². The highest BCUT2D eigenvalue weighted by Crippen LogP contribution is 2.37. The molecule has 2 heterocycles. The maximum absolute atomic E-state index is 12.4. The number of thioether (sulfide) groups is 1. The number of rotatable bonds is 5. The van der Waals surface area contributed by atoms with Crippen LogP contribution in [0.4, 0.5) is 11.5 Å². The summed E-state index contributed by atoms with van der Waals surface area (Å²) >= 11 is 1.23. The first-order valence-corrected chi connectivity index (χ1v) is 9.19. The van der Waals surface area contributed by atoms with Crippen LogP contribution in [0.2, 0.25) is 0 Å². The Bertz CT molecular complexity index is 865. The van der Waals surface area contributed by atoms with Crippen LogP contribution in [0.1, 0.15) is 29.8 Å². The summed E-state index contributed by atoms with van der Waals surface area (Å²) in [7, 11) is 0. The molecule has 0 aliphatic carbocycles. The van der Waals surface area contributed by atoms with Crippen molar-refractivity contribution in [1.82, 2.24) is 10.3 Å². The number of fused-ring (bicyclic) bond motifs is 1. The van der Waals surface area contributed by atoms with Crippen molar-refractivity contribution >= 4 is 51.9 Å². The van der Waals surface area contributed by atoms with E-state index in [-0.39, 0.29) is 47.1 Å². The largest absolute Gasteiger partial charge is 0.462 e. The first-order valence-electron chi connectivity index (χ1n) is 7.97. The maximum atomic E-state index is 12.4. The standard InChI is InChI=1S/C16H20N6O4S/c1-4-25-14(23)8(12(17)18)10-7-6-20-13(19)9(15(24)26-5-2)11(7)22-16(21-10)27-3/h6H,4-5H2,1-3H3,(H3,17,18)(H2,19,20)(H,21,22)/b10-8+. The fourth-order valence-electron chi connectivity index (χ4n) is 2.37. The molecule has 27 heavy (non-hydrogen) atoms. The number of ether oxygens (including phenoxy) is 2. The van der Waals surface area contributed by atoms with Gasteiger partial charge in [0, 0.05) is 11.8 Å². The molecule has 0 amide bonds. The molecule has 0 aromatic carbocycles. The van der Waals surface area contributed by atoms with Crippen LogP contribution in [-0.4, -0.2) is 47.4 Å². The first-order chi connectivity index (χ1) is 12.8. The van der Waals surface area contributed by atoms with Gasteiger partial charge in [0.15, 0.2) is 5.17 Å². The number of nitrogen functional groups attached to an aromatic ring is 1. The summed E-state index contributed by atoms with van der Waals surface area (Å²) in [6.45, 7) is 3.55. The van der Waals surface area contributed by atoms with Crippen LogP contribution in [0.3, 0.4) is 0 Å². The van der Waals surface area contributed by atoms with Crippen LogP contribution in [-0.2, 0) is 14.3 Å². The van der Waals surface area contributed by atoms with E-state index in [1.807, 2.05) is 0 Å². The van der Waals surface area contributed by atoms with Crippen LogP contribution < -0.4 is 16.8 Å². The molecule has 11 heteroatoms. The Hall–Kier alpha value is -3.08. The normalized spacial score (nSPS) is 14.4. The molecule has 1 aliphatic rings. The zero-order valence-electron chi connectivity index (χ0n) is 15.1. The lowest BCUT2D eigenvalue weighted by atomic mass is 10.0. The topological polar surface area (TPSA) is 166 Å². The van der Waals surface area contributed by atoms with Crippen molar-refractivity contribution < 1.29 is 19.1 Å². The van der Waals surface area contributed by atoms with Crippen molar-refractivity contribution in [3.05, 3.63) is 22.9 Å². The number of aliphatic imine (C=N–C) groups is 1. The second kappa shape index (κ2) is 8.54. The van der Waals surface area contributed by atoms with Crippen molar-refractivity contribution in [3.8, 4) is 0 Å². The number of carbonyl (C=O) groups excluding carboxylic acids is 2. The summed E-state index contributed by atoms with van der Waals surface area (Å²) in [5.41, 5.74) is 11.9. The number of hydrogen-bond acceptors (Lipinski definition) is 10. The average molecular weight is 392 g/mol. The summed E-state index contributed by atoms with van der Waals surface area (Å²) in [6, 6.07) is 0. The van der Waals surface area contributed by atoms with Crippen LogP contribution in [0.25, 0.3) is 5.70 Å². The second-order valence-electron chi connectivity index (χ2n) is 5.13.